The lowest BCUT2D eigenvalue weighted by atomic mass is 10.2. The van der Waals surface area contributed by atoms with E-state index in [-0.39, 0.29) is 5.89 Å². The van der Waals surface area contributed by atoms with Crippen LogP contribution in [0.4, 0.5) is 0 Å². The molecule has 2 aromatic heterocycles. The highest BCUT2D eigenvalue weighted by Gasteiger charge is 2.16. The predicted molar refractivity (Wildman–Crippen MR) is 90.9 cm³/mol. The minimum atomic E-state index is 0.255. The van der Waals surface area contributed by atoms with Gasteiger partial charge in [0.05, 0.1) is 19.8 Å². The molecule has 2 heterocycles. The number of hydrogen-bond acceptors (Lipinski definition) is 6. The summed E-state index contributed by atoms with van der Waals surface area (Å²) in [6.07, 6.45) is 1.78. The number of aromatic nitrogens is 2. The highest BCUT2D eigenvalue weighted by atomic mass is 35.5. The van der Waals surface area contributed by atoms with Gasteiger partial charge in [0, 0.05) is 6.07 Å². The van der Waals surface area contributed by atoms with Gasteiger partial charge in [-0.2, -0.15) is 16.3 Å². The number of halogens is 1. The van der Waals surface area contributed by atoms with Gasteiger partial charge in [-0.25, -0.2) is 0 Å². The van der Waals surface area contributed by atoms with E-state index in [2.05, 4.69) is 10.1 Å². The standard InChI is InChI=1S/C16H13ClN2O3S/c1-20-11-3-4-12(14(8-11)21-2)15-18-16(22-19-15)13(17)7-10-5-6-23-9-10/h3-9H,1-2H3/b13-7-. The van der Waals surface area contributed by atoms with Crippen molar-refractivity contribution in [3.8, 4) is 22.9 Å². The van der Waals surface area contributed by atoms with Crippen LogP contribution < -0.4 is 9.47 Å². The first-order valence-electron chi connectivity index (χ1n) is 6.67. The molecule has 5 nitrogen and oxygen atoms in total. The smallest absolute Gasteiger partial charge is 0.269 e. The number of hydrogen-bond donors (Lipinski definition) is 0. The van der Waals surface area contributed by atoms with E-state index in [0.29, 0.717) is 27.9 Å². The molecule has 0 N–H and O–H groups in total. The number of rotatable bonds is 5. The Morgan fingerprint density at radius 1 is 1.26 bits per heavy atom. The van der Waals surface area contributed by atoms with E-state index in [1.807, 2.05) is 22.9 Å². The molecule has 0 aliphatic carbocycles. The topological polar surface area (TPSA) is 57.4 Å². The van der Waals surface area contributed by atoms with Gasteiger partial charge in [-0.05, 0) is 40.6 Å². The molecule has 7 heteroatoms. The fourth-order valence-corrected chi connectivity index (χ4v) is 2.80. The summed E-state index contributed by atoms with van der Waals surface area (Å²) in [6.45, 7) is 0. The Morgan fingerprint density at radius 3 is 2.83 bits per heavy atom. The maximum absolute atomic E-state index is 6.24. The second-order valence-electron chi connectivity index (χ2n) is 4.54. The summed E-state index contributed by atoms with van der Waals surface area (Å²) in [4.78, 5) is 4.33. The van der Waals surface area contributed by atoms with E-state index in [1.54, 1.807) is 43.8 Å². The molecule has 0 saturated heterocycles. The fraction of sp³-hybridized carbons (Fsp3) is 0.125. The minimum Gasteiger partial charge on any atom is -0.497 e. The second-order valence-corrected chi connectivity index (χ2v) is 5.73. The molecular weight excluding hydrogens is 336 g/mol. The van der Waals surface area contributed by atoms with Crippen molar-refractivity contribution in [3.05, 3.63) is 46.5 Å². The lowest BCUT2D eigenvalue weighted by molar-refractivity contribution is 0.393. The van der Waals surface area contributed by atoms with E-state index in [9.17, 15) is 0 Å². The molecule has 1 aromatic carbocycles. The third-order valence-electron chi connectivity index (χ3n) is 3.12. The molecule has 0 fully saturated rings. The van der Waals surface area contributed by atoms with Crippen molar-refractivity contribution < 1.29 is 14.0 Å². The zero-order valence-corrected chi connectivity index (χ0v) is 14.0. The van der Waals surface area contributed by atoms with Crippen LogP contribution in [-0.2, 0) is 0 Å². The number of thiophene rings is 1. The van der Waals surface area contributed by atoms with Crippen LogP contribution in [-0.4, -0.2) is 24.4 Å². The first-order valence-corrected chi connectivity index (χ1v) is 7.99. The summed E-state index contributed by atoms with van der Waals surface area (Å²) in [7, 11) is 3.17. The number of benzene rings is 1. The lowest BCUT2D eigenvalue weighted by Crippen LogP contribution is -1.91. The van der Waals surface area contributed by atoms with Crippen molar-refractivity contribution in [3.63, 3.8) is 0 Å². The maximum atomic E-state index is 6.24. The zero-order valence-electron chi connectivity index (χ0n) is 12.4. The van der Waals surface area contributed by atoms with E-state index >= 15 is 0 Å². The lowest BCUT2D eigenvalue weighted by Gasteiger charge is -2.07. The Balaban J connectivity index is 1.93. The van der Waals surface area contributed by atoms with E-state index in [1.165, 1.54) is 0 Å². The summed E-state index contributed by atoms with van der Waals surface area (Å²) in [5.41, 5.74) is 1.69. The highest BCUT2D eigenvalue weighted by molar-refractivity contribution is 7.08. The molecule has 3 aromatic rings. The Labute approximate surface area is 142 Å². The molecule has 118 valence electrons. The molecule has 0 amide bonds. The molecule has 0 radical (unpaired) electrons. The van der Waals surface area contributed by atoms with Gasteiger partial charge >= 0.3 is 0 Å². The van der Waals surface area contributed by atoms with Crippen LogP contribution in [0, 0.1) is 0 Å². The first-order chi connectivity index (χ1) is 11.2. The molecule has 0 aliphatic heterocycles. The van der Waals surface area contributed by atoms with E-state index in [0.717, 1.165) is 5.56 Å². The summed E-state index contributed by atoms with van der Waals surface area (Å²) >= 11 is 7.83. The van der Waals surface area contributed by atoms with Crippen LogP contribution in [0.3, 0.4) is 0 Å². The molecule has 0 aliphatic rings. The van der Waals surface area contributed by atoms with Crippen LogP contribution in [0.1, 0.15) is 11.5 Å². The van der Waals surface area contributed by atoms with Gasteiger partial charge in [0.1, 0.15) is 16.5 Å². The van der Waals surface area contributed by atoms with E-state index in [4.69, 9.17) is 25.6 Å². The second kappa shape index (κ2) is 6.85. The number of methoxy groups -OCH3 is 2. The molecule has 0 spiro atoms. The average Bonchev–Trinajstić information content (AvgIpc) is 3.25. The zero-order chi connectivity index (χ0) is 16.2. The van der Waals surface area contributed by atoms with Crippen LogP contribution in [0.25, 0.3) is 22.5 Å². The highest BCUT2D eigenvalue weighted by Crippen LogP contribution is 2.32. The van der Waals surface area contributed by atoms with Gasteiger partial charge in [-0.1, -0.05) is 16.8 Å². The molecule has 3 rings (SSSR count). The van der Waals surface area contributed by atoms with Gasteiger partial charge in [-0.15, -0.1) is 0 Å². The monoisotopic (exact) mass is 348 g/mol. The average molecular weight is 349 g/mol. The Morgan fingerprint density at radius 2 is 2.13 bits per heavy atom. The Hall–Kier alpha value is -2.31. The molecule has 0 unspecified atom stereocenters. The van der Waals surface area contributed by atoms with Crippen LogP contribution in [0.5, 0.6) is 11.5 Å². The van der Waals surface area contributed by atoms with Crippen molar-refractivity contribution in [1.82, 2.24) is 10.1 Å². The number of ether oxygens (including phenoxy) is 2. The molecule has 0 bridgehead atoms. The van der Waals surface area contributed by atoms with Crippen molar-refractivity contribution >= 4 is 34.0 Å². The maximum Gasteiger partial charge on any atom is 0.269 e. The first kappa shape index (κ1) is 15.6. The SMILES string of the molecule is COc1ccc(-c2noc(/C(Cl)=C/c3ccsc3)n2)c(OC)c1. The van der Waals surface area contributed by atoms with E-state index < -0.39 is 0 Å². The van der Waals surface area contributed by atoms with Gasteiger partial charge in [-0.3, -0.25) is 0 Å². The van der Waals surface area contributed by atoms with Gasteiger partial charge in [0.15, 0.2) is 0 Å². The predicted octanol–water partition coefficient (Wildman–Crippen LogP) is 4.55. The van der Waals surface area contributed by atoms with Gasteiger partial charge in [0.25, 0.3) is 5.89 Å². The van der Waals surface area contributed by atoms with Crippen LogP contribution in [0.15, 0.2) is 39.5 Å². The largest absolute Gasteiger partial charge is 0.497 e. The summed E-state index contributed by atoms with van der Waals surface area (Å²) in [5, 5.41) is 8.30. The molecular formula is C16H13ClN2O3S. The fourth-order valence-electron chi connectivity index (χ4n) is 1.98. The normalized spacial score (nSPS) is 11.5. The number of nitrogens with zero attached hydrogens (tertiary/aromatic N) is 2. The van der Waals surface area contributed by atoms with Gasteiger partial charge in [0.2, 0.25) is 5.82 Å². The Kier molecular flexibility index (Phi) is 4.64. The Bertz CT molecular complexity index is 828. The van der Waals surface area contributed by atoms with Crippen molar-refractivity contribution in [2.75, 3.05) is 14.2 Å². The van der Waals surface area contributed by atoms with Crippen LogP contribution >= 0.6 is 22.9 Å². The minimum absolute atomic E-state index is 0.255. The van der Waals surface area contributed by atoms with Crippen LogP contribution in [0.2, 0.25) is 0 Å². The molecule has 0 saturated carbocycles. The van der Waals surface area contributed by atoms with Crippen molar-refractivity contribution in [2.45, 2.75) is 0 Å². The summed E-state index contributed by atoms with van der Waals surface area (Å²) in [6, 6.07) is 7.32. The van der Waals surface area contributed by atoms with Crippen molar-refractivity contribution in [2.24, 2.45) is 0 Å². The summed E-state index contributed by atoms with van der Waals surface area (Å²) < 4.78 is 15.8. The summed E-state index contributed by atoms with van der Waals surface area (Å²) in [5.74, 6) is 1.93. The third-order valence-corrected chi connectivity index (χ3v) is 4.09. The molecule has 23 heavy (non-hydrogen) atoms. The van der Waals surface area contributed by atoms with Crippen molar-refractivity contribution in [1.29, 1.82) is 0 Å². The quantitative estimate of drug-likeness (QED) is 0.676. The van der Waals surface area contributed by atoms with Gasteiger partial charge < -0.3 is 14.0 Å². The third kappa shape index (κ3) is 3.38. The molecule has 0 atom stereocenters.